The van der Waals surface area contributed by atoms with E-state index in [0.717, 1.165) is 4.90 Å². The Morgan fingerprint density at radius 1 is 1.41 bits per heavy atom. The van der Waals surface area contributed by atoms with Gasteiger partial charge in [-0.2, -0.15) is 8.78 Å². The van der Waals surface area contributed by atoms with Crippen LogP contribution in [-0.2, 0) is 9.59 Å². The summed E-state index contributed by atoms with van der Waals surface area (Å²) in [7, 11) is 0. The fourth-order valence-electron chi connectivity index (χ4n) is 2.92. The molecule has 0 aromatic heterocycles. The molecule has 0 aliphatic carbocycles. The fourth-order valence-corrected chi connectivity index (χ4v) is 2.92. The van der Waals surface area contributed by atoms with E-state index < -0.39 is 36.4 Å². The molecule has 3 atom stereocenters. The van der Waals surface area contributed by atoms with Gasteiger partial charge in [0.15, 0.2) is 0 Å². The molecule has 1 fully saturated rings. The van der Waals surface area contributed by atoms with Crippen molar-refractivity contribution in [3.63, 3.8) is 0 Å². The highest BCUT2D eigenvalue weighted by Crippen LogP contribution is 2.34. The van der Waals surface area contributed by atoms with E-state index in [1.165, 1.54) is 12.2 Å². The average Bonchev–Trinajstić information content (AvgIpc) is 2.82. The Morgan fingerprint density at radius 2 is 2.07 bits per heavy atom. The highest BCUT2D eigenvalue weighted by Gasteiger charge is 2.52. The van der Waals surface area contributed by atoms with Gasteiger partial charge in [-0.3, -0.25) is 4.79 Å². The normalized spacial score (nSPS) is 21.1. The van der Waals surface area contributed by atoms with Crippen molar-refractivity contribution in [2.75, 3.05) is 6.54 Å². The number of aliphatic hydroxyl groups is 1. The summed E-state index contributed by atoms with van der Waals surface area (Å²) in [5.41, 5.74) is 0. The fraction of sp³-hybridized carbons (Fsp3) is 0.700. The second-order valence-corrected chi connectivity index (χ2v) is 6.85. The molecule has 1 heterocycles. The lowest BCUT2D eigenvalue weighted by molar-refractivity contribution is -0.305. The van der Waals surface area contributed by atoms with Crippen molar-refractivity contribution in [1.29, 1.82) is 0 Å². The van der Waals surface area contributed by atoms with Crippen LogP contribution in [0, 0.1) is 17.8 Å². The molecule has 152 valence electrons. The third kappa shape index (κ3) is 7.67. The summed E-state index contributed by atoms with van der Waals surface area (Å²) in [6, 6.07) is -0.767. The third-order valence-electron chi connectivity index (χ3n) is 4.52. The lowest BCUT2D eigenvalue weighted by Crippen LogP contribution is -2.36. The lowest BCUT2D eigenvalue weighted by atomic mass is 10.0. The van der Waals surface area contributed by atoms with Crippen LogP contribution in [0.4, 0.5) is 8.78 Å². The predicted octanol–water partition coefficient (Wildman–Crippen LogP) is 1.89. The van der Waals surface area contributed by atoms with Crippen molar-refractivity contribution in [2.24, 2.45) is 5.92 Å². The summed E-state index contributed by atoms with van der Waals surface area (Å²) in [5, 5.41) is 20.4. The minimum atomic E-state index is -3.40. The molecule has 1 aliphatic rings. The maximum absolute atomic E-state index is 13.8. The van der Waals surface area contributed by atoms with Gasteiger partial charge in [-0.15, -0.1) is 5.92 Å². The number of rotatable bonds is 10. The number of hydrogen-bond donors (Lipinski definition) is 1. The van der Waals surface area contributed by atoms with Crippen LogP contribution in [0.25, 0.3) is 0 Å². The Kier molecular flexibility index (Phi) is 9.44. The largest absolute Gasteiger partial charge is 0.550 e. The number of hydrogen-bond acceptors (Lipinski definition) is 4. The summed E-state index contributed by atoms with van der Waals surface area (Å²) < 4.78 is 27.6. The molecule has 0 unspecified atom stereocenters. The van der Waals surface area contributed by atoms with Gasteiger partial charge in [-0.1, -0.05) is 37.8 Å². The van der Waals surface area contributed by atoms with Gasteiger partial charge in [0.25, 0.3) is 5.91 Å². The second-order valence-electron chi connectivity index (χ2n) is 6.85. The molecule has 0 spiro atoms. The van der Waals surface area contributed by atoms with Crippen LogP contribution in [0.5, 0.6) is 0 Å². The van der Waals surface area contributed by atoms with E-state index in [1.54, 1.807) is 6.92 Å². The number of carboxylic acid groups (broad SMARTS) is 1. The Morgan fingerprint density at radius 3 is 2.70 bits per heavy atom. The number of carboxylic acids is 1. The first kappa shape index (κ1) is 23.1. The number of amides is 1. The molecule has 0 aromatic rings. The quantitative estimate of drug-likeness (QED) is 0.354. The second kappa shape index (κ2) is 11.0. The maximum atomic E-state index is 13.8. The molecule has 5 nitrogen and oxygen atoms in total. The summed E-state index contributed by atoms with van der Waals surface area (Å²) >= 11 is 0. The number of alkyl halides is 2. The molecule has 0 radical (unpaired) electrons. The topological polar surface area (TPSA) is 80.7 Å². The number of aliphatic hydroxyl groups excluding tert-OH is 1. The number of unbranched alkanes of at least 4 members (excludes halogenated alkanes) is 3. The Balaban J connectivity index is 2.60. The molecule has 1 N–H and O–H groups in total. The van der Waals surface area contributed by atoms with Crippen LogP contribution in [0.3, 0.4) is 0 Å². The number of carbonyl (C=O) groups is 2. The molecule has 0 bridgehead atoms. The zero-order chi connectivity index (χ0) is 20.4. The van der Waals surface area contributed by atoms with Crippen molar-refractivity contribution in [3.05, 3.63) is 12.2 Å². The summed E-state index contributed by atoms with van der Waals surface area (Å²) in [6.45, 7) is 3.82. The molecular formula is C20H28F2NO4-. The van der Waals surface area contributed by atoms with Crippen molar-refractivity contribution in [2.45, 2.75) is 76.9 Å². The third-order valence-corrected chi connectivity index (χ3v) is 4.52. The molecule has 7 heteroatoms. The first-order valence-electron chi connectivity index (χ1n) is 9.42. The van der Waals surface area contributed by atoms with Gasteiger partial charge < -0.3 is 19.9 Å². The van der Waals surface area contributed by atoms with Crippen molar-refractivity contribution in [1.82, 2.24) is 4.90 Å². The van der Waals surface area contributed by atoms with Crippen LogP contribution in [0.15, 0.2) is 12.2 Å². The van der Waals surface area contributed by atoms with Crippen LogP contribution in [0.2, 0.25) is 0 Å². The Labute approximate surface area is 159 Å². The first-order chi connectivity index (χ1) is 12.7. The lowest BCUT2D eigenvalue weighted by Gasteiger charge is -2.22. The standard InChI is InChI=1S/C20H29F2NO4/c1-3-4-9-15(2)17(24)12-11-16-14-20(21,22)19(27)23(16)13-8-6-5-7-10-18(25)26/h11-12,15-17,24H,3,5-8,10,13-14H2,1-2H3,(H,25,26)/p-1/b12-11+/t15-,16+,17+/m1/s1. The van der Waals surface area contributed by atoms with Crippen molar-refractivity contribution < 1.29 is 28.6 Å². The van der Waals surface area contributed by atoms with Crippen molar-refractivity contribution in [3.8, 4) is 11.8 Å². The van der Waals surface area contributed by atoms with Crippen LogP contribution in [-0.4, -0.2) is 46.5 Å². The van der Waals surface area contributed by atoms with Gasteiger partial charge in [0.05, 0.1) is 12.1 Å². The minimum Gasteiger partial charge on any atom is -0.550 e. The van der Waals surface area contributed by atoms with Crippen molar-refractivity contribution >= 4 is 11.9 Å². The van der Waals surface area contributed by atoms with E-state index in [-0.39, 0.29) is 18.9 Å². The van der Waals surface area contributed by atoms with Gasteiger partial charge in [-0.25, -0.2) is 0 Å². The minimum absolute atomic E-state index is 0.0247. The van der Waals surface area contributed by atoms with Gasteiger partial charge in [-0.05, 0) is 26.2 Å². The molecule has 1 aliphatic heterocycles. The molecule has 1 rings (SSSR count). The average molecular weight is 384 g/mol. The molecule has 1 saturated heterocycles. The molecular weight excluding hydrogens is 356 g/mol. The van der Waals surface area contributed by atoms with Gasteiger partial charge in [0.2, 0.25) is 0 Å². The summed E-state index contributed by atoms with van der Waals surface area (Å²) in [6.07, 6.45) is 4.31. The first-order valence-corrected chi connectivity index (χ1v) is 9.42. The molecule has 0 saturated carbocycles. The van der Waals surface area contributed by atoms with E-state index in [9.17, 15) is 28.6 Å². The van der Waals surface area contributed by atoms with Crippen LogP contribution >= 0.6 is 0 Å². The van der Waals surface area contributed by atoms with E-state index in [4.69, 9.17) is 0 Å². The van der Waals surface area contributed by atoms with E-state index >= 15 is 0 Å². The number of nitrogens with zero attached hydrogens (tertiary/aromatic N) is 1. The SMILES string of the molecule is CCC#C[C@@H](C)[C@@H](O)/C=C/[C@H]1CC(F)(F)C(=O)N1CCCCCCC(=O)[O-]. The van der Waals surface area contributed by atoms with E-state index in [1.807, 2.05) is 6.92 Å². The smallest absolute Gasteiger partial charge is 0.327 e. The highest BCUT2D eigenvalue weighted by molar-refractivity contribution is 5.86. The Bertz CT molecular complexity index is 595. The van der Waals surface area contributed by atoms with Crippen LogP contribution < -0.4 is 5.11 Å². The summed E-state index contributed by atoms with van der Waals surface area (Å²) in [4.78, 5) is 23.4. The monoisotopic (exact) mass is 384 g/mol. The van der Waals surface area contributed by atoms with E-state index in [2.05, 4.69) is 11.8 Å². The molecule has 27 heavy (non-hydrogen) atoms. The highest BCUT2D eigenvalue weighted by atomic mass is 19.3. The zero-order valence-electron chi connectivity index (χ0n) is 15.9. The maximum Gasteiger partial charge on any atom is 0.327 e. The summed E-state index contributed by atoms with van der Waals surface area (Å²) in [5.74, 6) is -0.276. The predicted molar refractivity (Wildman–Crippen MR) is 95.5 cm³/mol. The van der Waals surface area contributed by atoms with Gasteiger partial charge >= 0.3 is 5.92 Å². The molecule has 0 aromatic carbocycles. The van der Waals surface area contributed by atoms with Gasteiger partial charge in [0.1, 0.15) is 0 Å². The molecule has 1 amide bonds. The van der Waals surface area contributed by atoms with Crippen LogP contribution in [0.1, 0.15) is 58.8 Å². The zero-order valence-corrected chi connectivity index (χ0v) is 15.9. The number of aliphatic carboxylic acids is 1. The van der Waals surface area contributed by atoms with Gasteiger partial charge in [0, 0.05) is 31.3 Å². The number of likely N-dealkylation sites (tertiary alicyclic amines) is 1. The number of carbonyl (C=O) groups excluding carboxylic acids is 2. The Hall–Kier alpha value is -1.94. The van der Waals surface area contributed by atoms with E-state index in [0.29, 0.717) is 32.1 Å². The number of halogens is 2.